The van der Waals surface area contributed by atoms with E-state index in [0.717, 1.165) is 11.4 Å². The average molecular weight is 309 g/mol. The second-order valence-electron chi connectivity index (χ2n) is 5.02. The van der Waals surface area contributed by atoms with Gasteiger partial charge in [-0.3, -0.25) is 0 Å². The van der Waals surface area contributed by atoms with E-state index >= 15 is 0 Å². The first-order valence-electron chi connectivity index (χ1n) is 6.51. The molecule has 0 saturated heterocycles. The van der Waals surface area contributed by atoms with Crippen LogP contribution >= 0.6 is 0 Å². The minimum absolute atomic E-state index is 0.0189. The maximum Gasteiger partial charge on any atom is 0.238 e. The molecule has 2 aromatic rings. The summed E-state index contributed by atoms with van der Waals surface area (Å²) in [5.74, 6) is 0.836. The van der Waals surface area contributed by atoms with Crippen molar-refractivity contribution in [2.45, 2.75) is 30.8 Å². The van der Waals surface area contributed by atoms with Gasteiger partial charge in [-0.05, 0) is 31.5 Å². The molecule has 1 aromatic heterocycles. The topological polar surface area (TPSA) is 103 Å². The smallest absolute Gasteiger partial charge is 0.238 e. The summed E-state index contributed by atoms with van der Waals surface area (Å²) in [4.78, 5) is 0.111. The van der Waals surface area contributed by atoms with Crippen molar-refractivity contribution in [1.29, 1.82) is 0 Å². The molecular weight excluding hydrogens is 290 g/mol. The minimum atomic E-state index is -3.65. The lowest BCUT2D eigenvalue weighted by molar-refractivity contribution is 0.466. The molecule has 0 bridgehead atoms. The van der Waals surface area contributed by atoms with Crippen molar-refractivity contribution in [1.82, 2.24) is 20.1 Å². The highest BCUT2D eigenvalue weighted by atomic mass is 32.2. The number of nitrogens with zero attached hydrogens (tertiary/aromatic N) is 3. The minimum Gasteiger partial charge on any atom is -0.319 e. The van der Waals surface area contributed by atoms with Crippen LogP contribution in [0.1, 0.15) is 37.3 Å². The Hall–Kier alpha value is -1.77. The van der Waals surface area contributed by atoms with Crippen LogP contribution in [0.3, 0.4) is 0 Å². The van der Waals surface area contributed by atoms with Crippen molar-refractivity contribution < 1.29 is 8.42 Å². The Balaban J connectivity index is 2.10. The number of benzene rings is 1. The maximum absolute atomic E-state index is 11.2. The van der Waals surface area contributed by atoms with Gasteiger partial charge in [0.25, 0.3) is 0 Å². The van der Waals surface area contributed by atoms with Crippen molar-refractivity contribution >= 4 is 10.0 Å². The summed E-state index contributed by atoms with van der Waals surface area (Å²) < 4.78 is 24.3. The van der Waals surface area contributed by atoms with Gasteiger partial charge < -0.3 is 9.88 Å². The monoisotopic (exact) mass is 309 g/mol. The molecule has 0 aliphatic heterocycles. The Bertz CT molecular complexity index is 708. The molecule has 0 aliphatic rings. The van der Waals surface area contributed by atoms with Gasteiger partial charge in [-0.15, -0.1) is 10.2 Å². The van der Waals surface area contributed by atoms with Gasteiger partial charge in [-0.1, -0.05) is 12.1 Å². The molecule has 0 spiro atoms. The van der Waals surface area contributed by atoms with E-state index in [0.29, 0.717) is 0 Å². The third kappa shape index (κ3) is 3.66. The summed E-state index contributed by atoms with van der Waals surface area (Å²) in [7, 11) is -1.76. The lowest BCUT2D eigenvalue weighted by Crippen LogP contribution is -2.24. The molecule has 114 valence electrons. The summed E-state index contributed by atoms with van der Waals surface area (Å²) in [5, 5.41) is 16.4. The molecule has 3 N–H and O–H groups in total. The number of hydrogen-bond donors (Lipinski definition) is 2. The van der Waals surface area contributed by atoms with E-state index in [9.17, 15) is 8.42 Å². The second kappa shape index (κ2) is 5.92. The van der Waals surface area contributed by atoms with Crippen LogP contribution in [0.15, 0.2) is 35.5 Å². The lowest BCUT2D eigenvalue weighted by Gasteiger charge is -2.19. The van der Waals surface area contributed by atoms with E-state index in [2.05, 4.69) is 15.5 Å². The fraction of sp³-hybridized carbons (Fsp3) is 0.385. The van der Waals surface area contributed by atoms with Crippen LogP contribution < -0.4 is 10.5 Å². The summed E-state index contributed by atoms with van der Waals surface area (Å²) >= 11 is 0. The third-order valence-electron chi connectivity index (χ3n) is 3.34. The van der Waals surface area contributed by atoms with E-state index < -0.39 is 10.0 Å². The van der Waals surface area contributed by atoms with Crippen molar-refractivity contribution in [3.05, 3.63) is 42.0 Å². The molecule has 0 saturated carbocycles. The number of aromatic nitrogens is 3. The van der Waals surface area contributed by atoms with Crippen molar-refractivity contribution in [3.8, 4) is 0 Å². The SMILES string of the molecule is CC(NC(C)c1nncn1C)c1ccc(S(N)(=O)=O)cc1. The van der Waals surface area contributed by atoms with Crippen molar-refractivity contribution in [2.75, 3.05) is 0 Å². The van der Waals surface area contributed by atoms with E-state index in [1.54, 1.807) is 18.5 Å². The molecular formula is C13H19N5O2S. The number of nitrogens with two attached hydrogens (primary N) is 1. The Labute approximate surface area is 124 Å². The standard InChI is InChI=1S/C13H19N5O2S/c1-9(16-10(2)13-17-15-8-18(13)3)11-4-6-12(7-5-11)21(14,19)20/h4-10,16H,1-3H3,(H2,14,19,20). The Morgan fingerprint density at radius 2 is 1.81 bits per heavy atom. The molecule has 21 heavy (non-hydrogen) atoms. The Morgan fingerprint density at radius 3 is 2.29 bits per heavy atom. The van der Waals surface area contributed by atoms with E-state index in [1.807, 2.05) is 25.5 Å². The van der Waals surface area contributed by atoms with Gasteiger partial charge in [0, 0.05) is 13.1 Å². The zero-order chi connectivity index (χ0) is 15.6. The predicted octanol–water partition coefficient (Wildman–Crippen LogP) is 0.874. The number of hydrogen-bond acceptors (Lipinski definition) is 5. The van der Waals surface area contributed by atoms with Gasteiger partial charge in [0.2, 0.25) is 10.0 Å². The number of primary sulfonamides is 1. The zero-order valence-corrected chi connectivity index (χ0v) is 13.0. The van der Waals surface area contributed by atoms with Crippen LogP contribution in [0.5, 0.6) is 0 Å². The number of nitrogens with one attached hydrogen (secondary N) is 1. The lowest BCUT2D eigenvalue weighted by atomic mass is 10.1. The van der Waals surface area contributed by atoms with E-state index in [-0.39, 0.29) is 17.0 Å². The molecule has 0 aliphatic carbocycles. The number of rotatable bonds is 5. The van der Waals surface area contributed by atoms with Gasteiger partial charge in [0.15, 0.2) is 0 Å². The highest BCUT2D eigenvalue weighted by Crippen LogP contribution is 2.19. The summed E-state index contributed by atoms with van der Waals surface area (Å²) in [6.45, 7) is 4.00. The maximum atomic E-state index is 11.2. The number of sulfonamides is 1. The molecule has 0 radical (unpaired) electrons. The third-order valence-corrected chi connectivity index (χ3v) is 4.27. The van der Waals surface area contributed by atoms with Crippen molar-refractivity contribution in [3.63, 3.8) is 0 Å². The molecule has 0 amide bonds. The largest absolute Gasteiger partial charge is 0.319 e. The zero-order valence-electron chi connectivity index (χ0n) is 12.2. The highest BCUT2D eigenvalue weighted by Gasteiger charge is 2.15. The second-order valence-corrected chi connectivity index (χ2v) is 6.59. The quantitative estimate of drug-likeness (QED) is 0.853. The van der Waals surface area contributed by atoms with Gasteiger partial charge in [-0.2, -0.15) is 0 Å². The van der Waals surface area contributed by atoms with Crippen LogP contribution in [-0.2, 0) is 17.1 Å². The van der Waals surface area contributed by atoms with Gasteiger partial charge in [-0.25, -0.2) is 13.6 Å². The molecule has 1 aromatic carbocycles. The Morgan fingerprint density at radius 1 is 1.19 bits per heavy atom. The Kier molecular flexibility index (Phi) is 4.40. The predicted molar refractivity (Wildman–Crippen MR) is 78.8 cm³/mol. The number of aryl methyl sites for hydroxylation is 1. The summed E-state index contributed by atoms with van der Waals surface area (Å²) in [6, 6.07) is 6.57. The van der Waals surface area contributed by atoms with Crippen molar-refractivity contribution in [2.24, 2.45) is 12.2 Å². The van der Waals surface area contributed by atoms with Crippen LogP contribution in [0.4, 0.5) is 0 Å². The average Bonchev–Trinajstić information content (AvgIpc) is 2.84. The fourth-order valence-electron chi connectivity index (χ4n) is 2.18. The van der Waals surface area contributed by atoms with Gasteiger partial charge >= 0.3 is 0 Å². The first kappa shape index (κ1) is 15.6. The molecule has 2 atom stereocenters. The molecule has 2 unspecified atom stereocenters. The van der Waals surface area contributed by atoms with E-state index in [4.69, 9.17) is 5.14 Å². The van der Waals surface area contributed by atoms with Gasteiger partial charge in [0.05, 0.1) is 10.9 Å². The van der Waals surface area contributed by atoms with E-state index in [1.165, 1.54) is 12.1 Å². The fourth-order valence-corrected chi connectivity index (χ4v) is 2.69. The van der Waals surface area contributed by atoms with Gasteiger partial charge in [0.1, 0.15) is 12.2 Å². The van der Waals surface area contributed by atoms with Crippen LogP contribution in [-0.4, -0.2) is 23.2 Å². The van der Waals surface area contributed by atoms with Crippen LogP contribution in [0.25, 0.3) is 0 Å². The molecule has 8 heteroatoms. The molecule has 7 nitrogen and oxygen atoms in total. The molecule has 2 rings (SSSR count). The highest BCUT2D eigenvalue weighted by molar-refractivity contribution is 7.89. The summed E-state index contributed by atoms with van der Waals surface area (Å²) in [5.41, 5.74) is 0.969. The summed E-state index contributed by atoms with van der Waals surface area (Å²) in [6.07, 6.45) is 1.65. The van der Waals surface area contributed by atoms with Crippen LogP contribution in [0.2, 0.25) is 0 Å². The first-order valence-corrected chi connectivity index (χ1v) is 8.06. The van der Waals surface area contributed by atoms with Crippen LogP contribution in [0, 0.1) is 0 Å². The first-order chi connectivity index (χ1) is 9.79. The normalized spacial score (nSPS) is 14.9. The molecule has 1 heterocycles. The molecule has 0 fully saturated rings.